The van der Waals surface area contributed by atoms with Crippen LogP contribution in [0.3, 0.4) is 0 Å². The van der Waals surface area contributed by atoms with Crippen LogP contribution in [0.1, 0.15) is 18.4 Å². The number of ether oxygens (including phenoxy) is 1. The molecule has 0 spiro atoms. The second-order valence-electron chi connectivity index (χ2n) is 4.53. The molecular formula is C14H15NO2. The molecule has 0 N–H and O–H groups in total. The Labute approximate surface area is 101 Å². The van der Waals surface area contributed by atoms with Crippen molar-refractivity contribution in [1.29, 1.82) is 0 Å². The summed E-state index contributed by atoms with van der Waals surface area (Å²) in [6.45, 7) is 0.630. The van der Waals surface area contributed by atoms with Crippen molar-refractivity contribution in [2.75, 3.05) is 0 Å². The topological polar surface area (TPSA) is 29.5 Å². The third kappa shape index (κ3) is 1.93. The molecule has 0 aromatic heterocycles. The average Bonchev–Trinajstić information content (AvgIpc) is 2.68. The lowest BCUT2D eigenvalue weighted by Gasteiger charge is -2.24. The summed E-state index contributed by atoms with van der Waals surface area (Å²) in [7, 11) is 0. The second kappa shape index (κ2) is 4.24. The molecule has 17 heavy (non-hydrogen) atoms. The zero-order chi connectivity index (χ0) is 11.7. The van der Waals surface area contributed by atoms with Crippen LogP contribution in [0.2, 0.25) is 0 Å². The molecule has 1 fully saturated rings. The van der Waals surface area contributed by atoms with Crippen LogP contribution in [0.15, 0.2) is 42.5 Å². The van der Waals surface area contributed by atoms with Crippen molar-refractivity contribution in [3.63, 3.8) is 0 Å². The highest BCUT2D eigenvalue weighted by atomic mass is 16.6. The summed E-state index contributed by atoms with van der Waals surface area (Å²) in [6.07, 6.45) is 6.06. The van der Waals surface area contributed by atoms with Crippen LogP contribution in [0, 0.1) is 0 Å². The summed E-state index contributed by atoms with van der Waals surface area (Å²) in [4.78, 5) is 13.6. The number of fused-ring (bicyclic) bond motifs is 1. The summed E-state index contributed by atoms with van der Waals surface area (Å²) < 4.78 is 5.39. The van der Waals surface area contributed by atoms with Gasteiger partial charge in [0.25, 0.3) is 0 Å². The predicted octanol–water partition coefficient (Wildman–Crippen LogP) is 2.73. The lowest BCUT2D eigenvalue weighted by molar-refractivity contribution is 0.126. The smallest absolute Gasteiger partial charge is 0.411 e. The minimum absolute atomic E-state index is 0.0520. The Hall–Kier alpha value is -1.77. The second-order valence-corrected chi connectivity index (χ2v) is 4.53. The first-order chi connectivity index (χ1) is 8.34. The molecule has 0 bridgehead atoms. The summed E-state index contributed by atoms with van der Waals surface area (Å²) in [5.74, 6) is 0. The van der Waals surface area contributed by atoms with E-state index in [1.54, 1.807) is 0 Å². The monoisotopic (exact) mass is 229 g/mol. The van der Waals surface area contributed by atoms with Crippen molar-refractivity contribution < 1.29 is 9.53 Å². The minimum Gasteiger partial charge on any atom is -0.444 e. The molecular weight excluding hydrogens is 214 g/mol. The van der Waals surface area contributed by atoms with Gasteiger partial charge in [-0.05, 0) is 18.4 Å². The molecule has 3 heteroatoms. The Morgan fingerprint density at radius 1 is 1.29 bits per heavy atom. The van der Waals surface area contributed by atoms with E-state index in [9.17, 15) is 4.79 Å². The Morgan fingerprint density at radius 2 is 2.12 bits per heavy atom. The fourth-order valence-electron chi connectivity index (χ4n) is 2.49. The van der Waals surface area contributed by atoms with Crippen molar-refractivity contribution >= 4 is 6.09 Å². The zero-order valence-corrected chi connectivity index (χ0v) is 9.58. The standard InChI is InChI=1S/C14H15NO2/c16-14-15(10-11-6-2-1-3-7-11)12-8-4-5-9-13(12)17-14/h1-4,6-8,12-13H,5,9-10H2/t12-,13+/m1/s1. The van der Waals surface area contributed by atoms with E-state index in [-0.39, 0.29) is 18.2 Å². The molecule has 1 aromatic rings. The Kier molecular flexibility index (Phi) is 2.59. The van der Waals surface area contributed by atoms with Gasteiger partial charge in [-0.3, -0.25) is 4.90 Å². The number of nitrogens with zero attached hydrogens (tertiary/aromatic N) is 1. The maximum absolute atomic E-state index is 11.8. The highest BCUT2D eigenvalue weighted by Crippen LogP contribution is 2.28. The van der Waals surface area contributed by atoms with Crippen LogP contribution >= 0.6 is 0 Å². The van der Waals surface area contributed by atoms with Crippen LogP contribution in [0.25, 0.3) is 0 Å². The Morgan fingerprint density at radius 3 is 2.94 bits per heavy atom. The van der Waals surface area contributed by atoms with Crippen molar-refractivity contribution in [3.05, 3.63) is 48.0 Å². The molecule has 88 valence electrons. The quantitative estimate of drug-likeness (QED) is 0.730. The third-order valence-electron chi connectivity index (χ3n) is 3.37. The fourth-order valence-corrected chi connectivity index (χ4v) is 2.49. The molecule has 1 heterocycles. The van der Waals surface area contributed by atoms with Crippen LogP contribution in [0.4, 0.5) is 4.79 Å². The van der Waals surface area contributed by atoms with Crippen molar-refractivity contribution in [3.8, 4) is 0 Å². The first-order valence-corrected chi connectivity index (χ1v) is 6.02. The van der Waals surface area contributed by atoms with Crippen LogP contribution < -0.4 is 0 Å². The van der Waals surface area contributed by atoms with E-state index in [0.717, 1.165) is 18.4 Å². The maximum Gasteiger partial charge on any atom is 0.411 e. The maximum atomic E-state index is 11.8. The van der Waals surface area contributed by atoms with Crippen LogP contribution in [0.5, 0.6) is 0 Å². The Balaban J connectivity index is 1.80. The third-order valence-corrected chi connectivity index (χ3v) is 3.37. The normalized spacial score (nSPS) is 26.8. The van der Waals surface area contributed by atoms with Gasteiger partial charge in [-0.25, -0.2) is 4.79 Å². The molecule has 3 nitrogen and oxygen atoms in total. The molecule has 0 unspecified atom stereocenters. The molecule has 3 rings (SSSR count). The molecule has 0 radical (unpaired) electrons. The van der Waals surface area contributed by atoms with E-state index in [0.29, 0.717) is 6.54 Å². The summed E-state index contributed by atoms with van der Waals surface area (Å²) in [5, 5.41) is 0. The highest BCUT2D eigenvalue weighted by molar-refractivity contribution is 5.71. The van der Waals surface area contributed by atoms with Gasteiger partial charge in [0.1, 0.15) is 6.10 Å². The molecule has 2 atom stereocenters. The first kappa shape index (κ1) is 10.4. The van der Waals surface area contributed by atoms with Crippen molar-refractivity contribution in [1.82, 2.24) is 4.90 Å². The number of hydrogen-bond acceptors (Lipinski definition) is 2. The molecule has 1 aliphatic heterocycles. The fraction of sp³-hybridized carbons (Fsp3) is 0.357. The zero-order valence-electron chi connectivity index (χ0n) is 9.58. The van der Waals surface area contributed by atoms with Crippen molar-refractivity contribution in [2.45, 2.75) is 31.5 Å². The van der Waals surface area contributed by atoms with Gasteiger partial charge in [0.2, 0.25) is 0 Å². The molecule has 1 saturated heterocycles. The van der Waals surface area contributed by atoms with Gasteiger partial charge < -0.3 is 4.74 Å². The largest absolute Gasteiger partial charge is 0.444 e. The van der Waals surface area contributed by atoms with Crippen molar-refractivity contribution in [2.24, 2.45) is 0 Å². The Bertz CT molecular complexity index is 441. The van der Waals surface area contributed by atoms with E-state index >= 15 is 0 Å². The predicted molar refractivity (Wildman–Crippen MR) is 64.4 cm³/mol. The lowest BCUT2D eigenvalue weighted by Crippen LogP contribution is -2.35. The van der Waals surface area contributed by atoms with Gasteiger partial charge >= 0.3 is 6.09 Å². The summed E-state index contributed by atoms with van der Waals surface area (Å²) in [6, 6.07) is 10.2. The summed E-state index contributed by atoms with van der Waals surface area (Å²) in [5.41, 5.74) is 1.14. The number of amides is 1. The van der Waals surface area contributed by atoms with Gasteiger partial charge in [-0.1, -0.05) is 42.5 Å². The van der Waals surface area contributed by atoms with Gasteiger partial charge in [0.15, 0.2) is 0 Å². The van der Waals surface area contributed by atoms with E-state index in [1.165, 1.54) is 0 Å². The number of benzene rings is 1. The summed E-state index contributed by atoms with van der Waals surface area (Å²) >= 11 is 0. The minimum atomic E-state index is -0.185. The molecule has 1 amide bonds. The molecule has 2 aliphatic rings. The molecule has 1 aromatic carbocycles. The van der Waals surface area contributed by atoms with E-state index in [4.69, 9.17) is 4.74 Å². The number of allylic oxidation sites excluding steroid dienone is 1. The molecule has 0 saturated carbocycles. The van der Waals surface area contributed by atoms with Crippen LogP contribution in [-0.4, -0.2) is 23.1 Å². The number of hydrogen-bond donors (Lipinski definition) is 0. The SMILES string of the molecule is O=C1O[C@H]2CCC=C[C@H]2N1Cc1ccccc1. The van der Waals surface area contributed by atoms with Gasteiger partial charge in [0, 0.05) is 6.54 Å². The first-order valence-electron chi connectivity index (χ1n) is 6.02. The van der Waals surface area contributed by atoms with E-state index in [1.807, 2.05) is 35.2 Å². The van der Waals surface area contributed by atoms with E-state index in [2.05, 4.69) is 12.2 Å². The number of rotatable bonds is 2. The highest BCUT2D eigenvalue weighted by Gasteiger charge is 2.40. The van der Waals surface area contributed by atoms with Gasteiger partial charge in [-0.15, -0.1) is 0 Å². The molecule has 1 aliphatic carbocycles. The number of carbonyl (C=O) groups excluding carboxylic acids is 1. The van der Waals surface area contributed by atoms with Gasteiger partial charge in [-0.2, -0.15) is 0 Å². The van der Waals surface area contributed by atoms with Crippen LogP contribution in [-0.2, 0) is 11.3 Å². The number of carbonyl (C=O) groups is 1. The van der Waals surface area contributed by atoms with Gasteiger partial charge in [0.05, 0.1) is 6.04 Å². The van der Waals surface area contributed by atoms with E-state index < -0.39 is 0 Å². The lowest BCUT2D eigenvalue weighted by atomic mass is 9.99. The average molecular weight is 229 g/mol.